The minimum absolute atomic E-state index is 0.0227. The Balaban J connectivity index is 2.34. The predicted octanol–water partition coefficient (Wildman–Crippen LogP) is 2.57. The van der Waals surface area contributed by atoms with E-state index in [1.807, 2.05) is 0 Å². The first-order valence-electron chi connectivity index (χ1n) is 5.94. The summed E-state index contributed by atoms with van der Waals surface area (Å²) in [5, 5.41) is 5.61. The molecule has 2 rings (SSSR count). The lowest BCUT2D eigenvalue weighted by atomic mass is 10.2. The van der Waals surface area contributed by atoms with E-state index in [9.17, 15) is 18.0 Å². The molecule has 1 saturated carbocycles. The number of nitrogens with zero attached hydrogens (tertiary/aromatic N) is 2. The van der Waals surface area contributed by atoms with Gasteiger partial charge < -0.3 is 5.32 Å². The van der Waals surface area contributed by atoms with Gasteiger partial charge in [-0.1, -0.05) is 11.6 Å². The van der Waals surface area contributed by atoms with Gasteiger partial charge in [-0.3, -0.25) is 9.48 Å². The van der Waals surface area contributed by atoms with Crippen LogP contribution in [0.3, 0.4) is 0 Å². The first kappa shape index (κ1) is 14.2. The van der Waals surface area contributed by atoms with E-state index in [-0.39, 0.29) is 23.4 Å². The van der Waals surface area contributed by atoms with Crippen LogP contribution in [-0.4, -0.2) is 22.2 Å². The number of carbonyl (C=O) groups excluding carboxylic acids is 1. The van der Waals surface area contributed by atoms with Crippen molar-refractivity contribution < 1.29 is 18.0 Å². The second-order valence-corrected chi connectivity index (χ2v) is 4.81. The Labute approximate surface area is 112 Å². The quantitative estimate of drug-likeness (QED) is 0.928. The molecule has 0 atom stereocenters. The minimum Gasteiger partial charge on any atom is -0.355 e. The van der Waals surface area contributed by atoms with Crippen molar-refractivity contribution in [3.63, 3.8) is 0 Å². The third kappa shape index (κ3) is 3.02. The SMILES string of the molecule is CCNC(=O)Cn1nc(C(F)(F)F)c(Cl)c1C1CC1. The lowest BCUT2D eigenvalue weighted by Gasteiger charge is -2.06. The fraction of sp³-hybridized carbons (Fsp3) is 0.636. The van der Waals surface area contributed by atoms with Crippen LogP contribution >= 0.6 is 11.6 Å². The van der Waals surface area contributed by atoms with Crippen molar-refractivity contribution in [1.29, 1.82) is 0 Å². The van der Waals surface area contributed by atoms with Crippen molar-refractivity contribution in [3.05, 3.63) is 16.4 Å². The molecule has 0 radical (unpaired) electrons. The van der Waals surface area contributed by atoms with Gasteiger partial charge in [0.1, 0.15) is 6.54 Å². The second kappa shape index (κ2) is 5.03. The highest BCUT2D eigenvalue weighted by Crippen LogP contribution is 2.46. The van der Waals surface area contributed by atoms with Crippen LogP contribution < -0.4 is 5.32 Å². The molecule has 4 nitrogen and oxygen atoms in total. The summed E-state index contributed by atoms with van der Waals surface area (Å²) in [6, 6.07) is 0. The largest absolute Gasteiger partial charge is 0.436 e. The normalized spacial score (nSPS) is 15.6. The summed E-state index contributed by atoms with van der Waals surface area (Å²) >= 11 is 5.77. The maximum Gasteiger partial charge on any atom is 0.436 e. The third-order valence-corrected chi connectivity index (χ3v) is 3.20. The first-order valence-corrected chi connectivity index (χ1v) is 6.32. The summed E-state index contributed by atoms with van der Waals surface area (Å²) in [4.78, 5) is 11.5. The molecule has 1 amide bonds. The van der Waals surface area contributed by atoms with Crippen molar-refractivity contribution in [2.24, 2.45) is 0 Å². The Morgan fingerprint density at radius 2 is 2.16 bits per heavy atom. The van der Waals surface area contributed by atoms with Gasteiger partial charge in [0.25, 0.3) is 0 Å². The molecule has 0 bridgehead atoms. The number of halogens is 4. The maximum atomic E-state index is 12.8. The summed E-state index contributed by atoms with van der Waals surface area (Å²) in [5.74, 6) is -0.400. The van der Waals surface area contributed by atoms with Crippen molar-refractivity contribution >= 4 is 17.5 Å². The molecule has 1 fully saturated rings. The molecular weight excluding hydrogens is 283 g/mol. The molecule has 0 unspecified atom stereocenters. The predicted molar refractivity (Wildman–Crippen MR) is 62.9 cm³/mol. The molecule has 1 heterocycles. The number of likely N-dealkylation sites (N-methyl/N-ethyl adjacent to an activating group) is 1. The van der Waals surface area contributed by atoms with Crippen molar-refractivity contribution in [2.45, 2.75) is 38.4 Å². The van der Waals surface area contributed by atoms with E-state index in [1.54, 1.807) is 6.92 Å². The summed E-state index contributed by atoms with van der Waals surface area (Å²) in [6.07, 6.45) is -3.05. The molecule has 0 aliphatic heterocycles. The molecule has 1 aliphatic rings. The zero-order chi connectivity index (χ0) is 14.2. The lowest BCUT2D eigenvalue weighted by molar-refractivity contribution is -0.141. The van der Waals surface area contributed by atoms with E-state index < -0.39 is 11.9 Å². The van der Waals surface area contributed by atoms with Crippen LogP contribution in [0.1, 0.15) is 37.1 Å². The van der Waals surface area contributed by atoms with Gasteiger partial charge in [0.05, 0.1) is 10.7 Å². The van der Waals surface area contributed by atoms with Crippen LogP contribution in [-0.2, 0) is 17.5 Å². The van der Waals surface area contributed by atoms with E-state index in [1.165, 1.54) is 0 Å². The van der Waals surface area contributed by atoms with Gasteiger partial charge in [-0.15, -0.1) is 0 Å². The van der Waals surface area contributed by atoms with E-state index in [0.29, 0.717) is 12.2 Å². The molecule has 0 aromatic carbocycles. The van der Waals surface area contributed by atoms with Gasteiger partial charge in [0, 0.05) is 12.5 Å². The summed E-state index contributed by atoms with van der Waals surface area (Å²) in [7, 11) is 0. The Bertz CT molecular complexity index is 494. The van der Waals surface area contributed by atoms with Gasteiger partial charge in [-0.25, -0.2) is 0 Å². The minimum atomic E-state index is -4.60. The Kier molecular flexibility index (Phi) is 3.75. The molecule has 0 spiro atoms. The van der Waals surface area contributed by atoms with Gasteiger partial charge in [-0.2, -0.15) is 18.3 Å². The smallest absolute Gasteiger partial charge is 0.355 e. The van der Waals surface area contributed by atoms with E-state index >= 15 is 0 Å². The Hall–Kier alpha value is -1.24. The highest BCUT2D eigenvalue weighted by atomic mass is 35.5. The number of aromatic nitrogens is 2. The average molecular weight is 296 g/mol. The molecule has 1 aromatic heterocycles. The molecule has 1 N–H and O–H groups in total. The molecule has 106 valence electrons. The number of nitrogens with one attached hydrogen (secondary N) is 1. The highest BCUT2D eigenvalue weighted by molar-refractivity contribution is 6.32. The van der Waals surface area contributed by atoms with Crippen LogP contribution in [0.4, 0.5) is 13.2 Å². The van der Waals surface area contributed by atoms with Gasteiger partial charge in [0.15, 0.2) is 5.69 Å². The van der Waals surface area contributed by atoms with Crippen LogP contribution in [0, 0.1) is 0 Å². The number of hydrogen-bond donors (Lipinski definition) is 1. The zero-order valence-corrected chi connectivity index (χ0v) is 11.0. The maximum absolute atomic E-state index is 12.8. The summed E-state index contributed by atoms with van der Waals surface area (Å²) in [6.45, 7) is 1.91. The van der Waals surface area contributed by atoms with Crippen LogP contribution in [0.15, 0.2) is 0 Å². The molecular formula is C11H13ClF3N3O. The summed E-state index contributed by atoms with van der Waals surface area (Å²) < 4.78 is 39.3. The molecule has 8 heteroatoms. The van der Waals surface area contributed by atoms with E-state index in [0.717, 1.165) is 17.5 Å². The Morgan fingerprint density at radius 3 is 2.63 bits per heavy atom. The topological polar surface area (TPSA) is 46.9 Å². The third-order valence-electron chi connectivity index (χ3n) is 2.83. The van der Waals surface area contributed by atoms with E-state index in [4.69, 9.17) is 11.6 Å². The number of alkyl halides is 3. The molecule has 0 saturated heterocycles. The molecule has 1 aromatic rings. The molecule has 19 heavy (non-hydrogen) atoms. The van der Waals surface area contributed by atoms with Crippen molar-refractivity contribution in [3.8, 4) is 0 Å². The van der Waals surface area contributed by atoms with Crippen molar-refractivity contribution in [1.82, 2.24) is 15.1 Å². The fourth-order valence-corrected chi connectivity index (χ4v) is 2.29. The number of rotatable bonds is 4. The standard InChI is InChI=1S/C11H13ClF3N3O/c1-2-16-7(19)5-18-9(6-3-4-6)8(12)10(17-18)11(13,14)15/h6H,2-5H2,1H3,(H,16,19). The number of amides is 1. The number of hydrogen-bond acceptors (Lipinski definition) is 2. The molecule has 1 aliphatic carbocycles. The monoisotopic (exact) mass is 295 g/mol. The fourth-order valence-electron chi connectivity index (χ4n) is 1.89. The van der Waals surface area contributed by atoms with Crippen LogP contribution in [0.2, 0.25) is 5.02 Å². The average Bonchev–Trinajstić information content (AvgIpc) is 3.04. The van der Waals surface area contributed by atoms with Crippen molar-refractivity contribution in [2.75, 3.05) is 6.54 Å². The van der Waals surface area contributed by atoms with E-state index in [2.05, 4.69) is 10.4 Å². The highest BCUT2D eigenvalue weighted by Gasteiger charge is 2.42. The van der Waals surface area contributed by atoms with Gasteiger partial charge in [0.2, 0.25) is 5.91 Å². The van der Waals surface area contributed by atoms with Crippen LogP contribution in [0.25, 0.3) is 0 Å². The first-order chi connectivity index (χ1) is 8.84. The Morgan fingerprint density at radius 1 is 1.53 bits per heavy atom. The lowest BCUT2D eigenvalue weighted by Crippen LogP contribution is -2.28. The van der Waals surface area contributed by atoms with Gasteiger partial charge >= 0.3 is 6.18 Å². The number of carbonyl (C=O) groups is 1. The van der Waals surface area contributed by atoms with Crippen LogP contribution in [0.5, 0.6) is 0 Å². The zero-order valence-electron chi connectivity index (χ0n) is 10.2. The van der Waals surface area contributed by atoms with Gasteiger partial charge in [-0.05, 0) is 19.8 Å². The summed E-state index contributed by atoms with van der Waals surface area (Å²) in [5.41, 5.74) is -0.791. The second-order valence-electron chi connectivity index (χ2n) is 4.43.